The van der Waals surface area contributed by atoms with Gasteiger partial charge in [0.05, 0.1) is 0 Å². The number of hydrogen-bond acceptors (Lipinski definition) is 3. The van der Waals surface area contributed by atoms with Crippen LogP contribution in [0.15, 0.2) is 54.6 Å². The first-order valence-corrected chi connectivity index (χ1v) is 14.1. The molecule has 0 aliphatic carbocycles. The Kier molecular flexibility index (Phi) is 7.57. The van der Waals surface area contributed by atoms with Crippen molar-refractivity contribution in [1.29, 1.82) is 0 Å². The topological polar surface area (TPSA) is 29.5 Å². The summed E-state index contributed by atoms with van der Waals surface area (Å²) < 4.78 is 33.2. The lowest BCUT2D eigenvalue weighted by Crippen LogP contribution is -2.49. The van der Waals surface area contributed by atoms with Crippen LogP contribution in [-0.4, -0.2) is 29.0 Å². The molecule has 2 atom stereocenters. The largest absolute Gasteiger partial charge is 0.487 e. The van der Waals surface area contributed by atoms with Crippen molar-refractivity contribution in [3.05, 3.63) is 99.6 Å². The Balaban J connectivity index is 1.17. The quantitative estimate of drug-likeness (QED) is 0.322. The highest BCUT2D eigenvalue weighted by molar-refractivity contribution is 7.97. The summed E-state index contributed by atoms with van der Waals surface area (Å²) >= 11 is 1.89. The van der Waals surface area contributed by atoms with Crippen LogP contribution < -0.4 is 4.74 Å². The van der Waals surface area contributed by atoms with Crippen molar-refractivity contribution in [2.75, 3.05) is 0 Å². The third-order valence-electron chi connectivity index (χ3n) is 7.67. The molecule has 3 aromatic carbocycles. The van der Waals surface area contributed by atoms with Gasteiger partial charge in [0.2, 0.25) is 0 Å². The number of piperidine rings is 1. The summed E-state index contributed by atoms with van der Waals surface area (Å²) in [6.07, 6.45) is 2.99. The van der Waals surface area contributed by atoms with E-state index >= 15 is 0 Å². The second-order valence-electron chi connectivity index (χ2n) is 10.5. The molecule has 3 nitrogen and oxygen atoms in total. The summed E-state index contributed by atoms with van der Waals surface area (Å²) in [5.74, 6) is 0.700. The number of carbonyl (C=O) groups is 1. The Hall–Kier alpha value is -2.86. The Morgan fingerprint density at radius 3 is 2.19 bits per heavy atom. The minimum Gasteiger partial charge on any atom is -0.487 e. The molecule has 6 heteroatoms. The lowest BCUT2D eigenvalue weighted by atomic mass is 9.98. The van der Waals surface area contributed by atoms with E-state index in [-0.39, 0.29) is 29.8 Å². The van der Waals surface area contributed by atoms with Crippen LogP contribution in [0.2, 0.25) is 0 Å². The number of benzene rings is 3. The van der Waals surface area contributed by atoms with Gasteiger partial charge in [0, 0.05) is 48.1 Å². The zero-order valence-corrected chi connectivity index (χ0v) is 22.4. The van der Waals surface area contributed by atoms with Crippen LogP contribution in [-0.2, 0) is 11.5 Å². The first-order valence-electron chi connectivity index (χ1n) is 13.0. The van der Waals surface area contributed by atoms with Crippen molar-refractivity contribution < 1.29 is 18.3 Å². The smallest absolute Gasteiger partial charge is 0.254 e. The molecule has 0 spiro atoms. The van der Waals surface area contributed by atoms with Gasteiger partial charge in [-0.1, -0.05) is 29.8 Å². The molecule has 2 bridgehead atoms. The second-order valence-corrected chi connectivity index (χ2v) is 11.4. The predicted octanol–water partition coefficient (Wildman–Crippen LogP) is 7.54. The molecule has 2 fully saturated rings. The van der Waals surface area contributed by atoms with Gasteiger partial charge in [-0.05, 0) is 80.1 Å². The maximum Gasteiger partial charge on any atom is 0.254 e. The summed E-state index contributed by atoms with van der Waals surface area (Å²) in [4.78, 5) is 15.4. The van der Waals surface area contributed by atoms with E-state index in [4.69, 9.17) is 4.74 Å². The number of nitrogens with zero attached hydrogens (tertiary/aromatic N) is 1. The van der Waals surface area contributed by atoms with E-state index < -0.39 is 11.6 Å². The Morgan fingerprint density at radius 2 is 1.57 bits per heavy atom. The van der Waals surface area contributed by atoms with Gasteiger partial charge in [-0.2, -0.15) is 11.8 Å². The molecule has 3 aromatic rings. The molecule has 0 unspecified atom stereocenters. The van der Waals surface area contributed by atoms with Gasteiger partial charge in [-0.15, -0.1) is 0 Å². The van der Waals surface area contributed by atoms with Crippen molar-refractivity contribution in [1.82, 2.24) is 4.90 Å². The van der Waals surface area contributed by atoms with Gasteiger partial charge in [0.15, 0.2) is 11.6 Å². The molecule has 5 rings (SSSR count). The number of carbonyl (C=O) groups excluding carboxylic acids is 1. The molecule has 37 heavy (non-hydrogen) atoms. The Bertz CT molecular complexity index is 1260. The average Bonchev–Trinajstić information content (AvgIpc) is 3.12. The van der Waals surface area contributed by atoms with Crippen LogP contribution >= 0.6 is 11.8 Å². The van der Waals surface area contributed by atoms with Crippen LogP contribution in [0.4, 0.5) is 8.78 Å². The lowest BCUT2D eigenvalue weighted by molar-refractivity contribution is 0.0349. The molecule has 0 saturated carbocycles. The first-order chi connectivity index (χ1) is 17.8. The summed E-state index contributed by atoms with van der Waals surface area (Å²) in [5, 5.41) is 0. The number of halogens is 2. The number of amides is 1. The summed E-state index contributed by atoms with van der Waals surface area (Å²) in [7, 11) is 0. The number of fused-ring (bicyclic) bond motifs is 2. The fourth-order valence-electron chi connectivity index (χ4n) is 5.91. The van der Waals surface area contributed by atoms with E-state index in [0.717, 1.165) is 30.4 Å². The number of thioether (sulfide) groups is 1. The maximum atomic E-state index is 14.1. The monoisotopic (exact) mass is 521 g/mol. The number of hydrogen-bond donors (Lipinski definition) is 0. The fourth-order valence-corrected chi connectivity index (χ4v) is 7.10. The minimum absolute atomic E-state index is 0.0593. The van der Waals surface area contributed by atoms with Crippen molar-refractivity contribution >= 4 is 17.7 Å². The van der Waals surface area contributed by atoms with Crippen molar-refractivity contribution in [3.63, 3.8) is 0 Å². The van der Waals surface area contributed by atoms with Gasteiger partial charge < -0.3 is 9.64 Å². The number of rotatable bonds is 7. The van der Waals surface area contributed by atoms with Crippen molar-refractivity contribution in [2.24, 2.45) is 0 Å². The highest BCUT2D eigenvalue weighted by Crippen LogP contribution is 2.38. The third-order valence-corrected chi connectivity index (χ3v) is 8.70. The summed E-state index contributed by atoms with van der Waals surface area (Å²) in [6, 6.07) is 16.0. The van der Waals surface area contributed by atoms with E-state index in [1.807, 2.05) is 28.8 Å². The van der Waals surface area contributed by atoms with E-state index in [9.17, 15) is 13.6 Å². The molecule has 0 N–H and O–H groups in total. The maximum absolute atomic E-state index is 14.1. The highest BCUT2D eigenvalue weighted by Gasteiger charge is 2.44. The molecular weight excluding hydrogens is 488 g/mol. The van der Waals surface area contributed by atoms with Gasteiger partial charge in [0.25, 0.3) is 5.91 Å². The third kappa shape index (κ3) is 5.69. The molecule has 2 aliphatic rings. The SMILES string of the molecule is Cc1cc(C)c(CSCc2ccc(C(=O)N3[C@H]4CC[C@H]3CC(Oc3ccc(F)cc3F)C4)cc2)c(C)c1. The summed E-state index contributed by atoms with van der Waals surface area (Å²) in [5.41, 5.74) is 7.32. The lowest BCUT2D eigenvalue weighted by Gasteiger charge is -2.39. The zero-order chi connectivity index (χ0) is 26.1. The molecule has 194 valence electrons. The molecule has 2 saturated heterocycles. The number of ether oxygens (including phenoxy) is 1. The normalized spacial score (nSPS) is 20.8. The molecule has 0 radical (unpaired) electrons. The molecule has 1 amide bonds. The molecule has 0 aromatic heterocycles. The van der Waals surface area contributed by atoms with Crippen LogP contribution in [0.5, 0.6) is 5.75 Å². The predicted molar refractivity (Wildman–Crippen MR) is 145 cm³/mol. The Labute approximate surface area is 222 Å². The van der Waals surface area contributed by atoms with E-state index in [2.05, 4.69) is 45.0 Å². The van der Waals surface area contributed by atoms with E-state index in [1.54, 1.807) is 0 Å². The summed E-state index contributed by atoms with van der Waals surface area (Å²) in [6.45, 7) is 6.50. The van der Waals surface area contributed by atoms with Crippen molar-refractivity contribution in [3.8, 4) is 5.75 Å². The molecular formula is C31H33F2NO2S. The zero-order valence-electron chi connectivity index (χ0n) is 21.6. The van der Waals surface area contributed by atoms with Crippen molar-refractivity contribution in [2.45, 2.75) is 76.1 Å². The standard InChI is InChI=1S/C31H33F2NO2S/c1-19-12-20(2)28(21(3)13-19)18-37-17-22-4-6-23(7-5-22)31(35)34-25-9-10-26(34)16-27(15-25)36-30-11-8-24(32)14-29(30)33/h4-8,11-14,25-27H,9-10,15-18H2,1-3H3/t25-,26-/m0/s1. The Morgan fingerprint density at radius 1 is 0.919 bits per heavy atom. The highest BCUT2D eigenvalue weighted by atomic mass is 32.2. The number of aryl methyl sites for hydroxylation is 3. The fraction of sp³-hybridized carbons (Fsp3) is 0.387. The first kappa shape index (κ1) is 25.8. The molecule has 2 aliphatic heterocycles. The molecule has 2 heterocycles. The van der Waals surface area contributed by atoms with Gasteiger partial charge in [0.1, 0.15) is 11.9 Å². The van der Waals surface area contributed by atoms with E-state index in [1.165, 1.54) is 39.9 Å². The minimum atomic E-state index is -0.687. The van der Waals surface area contributed by atoms with Gasteiger partial charge >= 0.3 is 0 Å². The second kappa shape index (κ2) is 10.9. The van der Waals surface area contributed by atoms with Crippen LogP contribution in [0.1, 0.15) is 63.9 Å². The average molecular weight is 522 g/mol. The van der Waals surface area contributed by atoms with Gasteiger partial charge in [-0.3, -0.25) is 4.79 Å². The van der Waals surface area contributed by atoms with Gasteiger partial charge in [-0.25, -0.2) is 8.78 Å². The van der Waals surface area contributed by atoms with Crippen LogP contribution in [0, 0.1) is 32.4 Å². The van der Waals surface area contributed by atoms with Crippen LogP contribution in [0.3, 0.4) is 0 Å². The van der Waals surface area contributed by atoms with Crippen LogP contribution in [0.25, 0.3) is 0 Å². The van der Waals surface area contributed by atoms with E-state index in [0.29, 0.717) is 18.4 Å².